The number of nitrogens with zero attached hydrogens (tertiary/aromatic N) is 1. The van der Waals surface area contributed by atoms with Crippen molar-refractivity contribution in [2.45, 2.75) is 26.3 Å². The maximum atomic E-state index is 12.2. The van der Waals surface area contributed by atoms with E-state index in [4.69, 9.17) is 0 Å². The fraction of sp³-hybridized carbons (Fsp3) is 0.571. The second-order valence-electron chi connectivity index (χ2n) is 4.51. The van der Waals surface area contributed by atoms with Crippen LogP contribution in [0.15, 0.2) is 24.3 Å². The second kappa shape index (κ2) is 8.16. The van der Waals surface area contributed by atoms with Gasteiger partial charge in [-0.1, -0.05) is 31.2 Å². The highest BCUT2D eigenvalue weighted by Crippen LogP contribution is 2.08. The first-order valence-electron chi connectivity index (χ1n) is 6.37. The van der Waals surface area contributed by atoms with Crippen molar-refractivity contribution >= 4 is 0 Å². The minimum Gasteiger partial charge on any atom is -0.317 e. The van der Waals surface area contributed by atoms with E-state index in [0.717, 1.165) is 25.1 Å². The van der Waals surface area contributed by atoms with E-state index >= 15 is 0 Å². The van der Waals surface area contributed by atoms with Crippen molar-refractivity contribution in [2.24, 2.45) is 0 Å². The van der Waals surface area contributed by atoms with E-state index in [1.165, 1.54) is 5.56 Å². The smallest absolute Gasteiger partial charge is 0.251 e. The molecule has 2 nitrogen and oxygen atoms in total. The molecule has 0 radical (unpaired) electrons. The second-order valence-corrected chi connectivity index (χ2v) is 4.51. The van der Waals surface area contributed by atoms with Crippen molar-refractivity contribution in [1.82, 2.24) is 10.2 Å². The zero-order chi connectivity index (χ0) is 13.4. The van der Waals surface area contributed by atoms with E-state index in [1.807, 2.05) is 12.1 Å². The highest BCUT2D eigenvalue weighted by atomic mass is 19.3. The predicted octanol–water partition coefficient (Wildman–Crippen LogP) is 2.54. The Kier molecular flexibility index (Phi) is 6.83. The molecule has 0 fully saturated rings. The molecule has 0 heterocycles. The van der Waals surface area contributed by atoms with Gasteiger partial charge in [0.15, 0.2) is 0 Å². The van der Waals surface area contributed by atoms with Crippen molar-refractivity contribution in [1.29, 1.82) is 0 Å². The summed E-state index contributed by atoms with van der Waals surface area (Å²) < 4.78 is 24.4. The van der Waals surface area contributed by atoms with Gasteiger partial charge in [0, 0.05) is 6.54 Å². The van der Waals surface area contributed by atoms with Gasteiger partial charge in [0.1, 0.15) is 0 Å². The van der Waals surface area contributed by atoms with Crippen LogP contribution in [0.1, 0.15) is 18.1 Å². The molecule has 0 aromatic heterocycles. The molecular formula is C14H22F2N2. The van der Waals surface area contributed by atoms with E-state index in [1.54, 1.807) is 11.9 Å². The standard InChI is InChI=1S/C14H22F2N2/c1-3-17-9-8-12-4-6-13(7-5-12)10-18(2)11-14(15)16/h4-7,14,17H,3,8-11H2,1-2H3. The molecular weight excluding hydrogens is 234 g/mol. The van der Waals surface area contributed by atoms with E-state index in [0.29, 0.717) is 6.54 Å². The molecule has 0 aliphatic rings. The molecule has 0 aliphatic heterocycles. The molecule has 4 heteroatoms. The van der Waals surface area contributed by atoms with Crippen LogP contribution < -0.4 is 5.32 Å². The van der Waals surface area contributed by atoms with Crippen LogP contribution in [0.25, 0.3) is 0 Å². The average molecular weight is 256 g/mol. The summed E-state index contributed by atoms with van der Waals surface area (Å²) in [5, 5.41) is 3.27. The van der Waals surface area contributed by atoms with Crippen LogP contribution in [0.4, 0.5) is 8.78 Å². The summed E-state index contributed by atoms with van der Waals surface area (Å²) in [6, 6.07) is 8.18. The number of alkyl halides is 2. The molecule has 0 bridgehead atoms. The Labute approximate surface area is 108 Å². The average Bonchev–Trinajstić information content (AvgIpc) is 2.30. The van der Waals surface area contributed by atoms with Gasteiger partial charge in [0.05, 0.1) is 6.54 Å². The Morgan fingerprint density at radius 1 is 1.17 bits per heavy atom. The number of likely N-dealkylation sites (N-methyl/N-ethyl adjacent to an activating group) is 1. The normalized spacial score (nSPS) is 11.4. The van der Waals surface area contributed by atoms with E-state index in [-0.39, 0.29) is 6.54 Å². The number of hydrogen-bond acceptors (Lipinski definition) is 2. The molecule has 0 atom stereocenters. The Balaban J connectivity index is 2.39. The zero-order valence-corrected chi connectivity index (χ0v) is 11.1. The van der Waals surface area contributed by atoms with E-state index in [2.05, 4.69) is 24.4 Å². The number of halogens is 2. The van der Waals surface area contributed by atoms with Gasteiger partial charge in [0.25, 0.3) is 6.43 Å². The maximum Gasteiger partial charge on any atom is 0.251 e. The molecule has 0 amide bonds. The molecule has 1 aromatic carbocycles. The third-order valence-electron chi connectivity index (χ3n) is 2.77. The van der Waals surface area contributed by atoms with Crippen molar-refractivity contribution in [2.75, 3.05) is 26.7 Å². The highest BCUT2D eigenvalue weighted by Gasteiger charge is 2.07. The molecule has 102 valence electrons. The Hall–Kier alpha value is -1.00. The molecule has 18 heavy (non-hydrogen) atoms. The molecule has 0 saturated carbocycles. The van der Waals surface area contributed by atoms with Gasteiger partial charge in [0.2, 0.25) is 0 Å². The van der Waals surface area contributed by atoms with Crippen molar-refractivity contribution in [3.05, 3.63) is 35.4 Å². The number of hydrogen-bond donors (Lipinski definition) is 1. The van der Waals surface area contributed by atoms with Crippen LogP contribution in [0.5, 0.6) is 0 Å². The molecule has 0 spiro atoms. The summed E-state index contributed by atoms with van der Waals surface area (Å²) in [5.74, 6) is 0. The summed E-state index contributed by atoms with van der Waals surface area (Å²) in [4.78, 5) is 1.64. The number of nitrogens with one attached hydrogen (secondary N) is 1. The third-order valence-corrected chi connectivity index (χ3v) is 2.77. The fourth-order valence-corrected chi connectivity index (χ4v) is 1.83. The lowest BCUT2D eigenvalue weighted by molar-refractivity contribution is 0.0975. The summed E-state index contributed by atoms with van der Waals surface area (Å²) in [5.41, 5.74) is 2.35. The SMILES string of the molecule is CCNCCc1ccc(CN(C)CC(F)F)cc1. The largest absolute Gasteiger partial charge is 0.317 e. The Morgan fingerprint density at radius 2 is 1.78 bits per heavy atom. The van der Waals surface area contributed by atoms with Crippen LogP contribution in [0, 0.1) is 0 Å². The molecule has 0 aliphatic carbocycles. The number of benzene rings is 1. The summed E-state index contributed by atoms with van der Waals surface area (Å²) in [7, 11) is 1.71. The lowest BCUT2D eigenvalue weighted by atomic mass is 10.1. The summed E-state index contributed by atoms with van der Waals surface area (Å²) >= 11 is 0. The first kappa shape index (κ1) is 15.1. The molecule has 0 saturated heterocycles. The third kappa shape index (κ3) is 6.07. The van der Waals surface area contributed by atoms with Crippen LogP contribution in [-0.2, 0) is 13.0 Å². The predicted molar refractivity (Wildman–Crippen MR) is 71.0 cm³/mol. The van der Waals surface area contributed by atoms with Crippen LogP contribution in [0.3, 0.4) is 0 Å². The van der Waals surface area contributed by atoms with Crippen LogP contribution in [0.2, 0.25) is 0 Å². The van der Waals surface area contributed by atoms with Gasteiger partial charge in [-0.15, -0.1) is 0 Å². The minimum absolute atomic E-state index is 0.178. The highest BCUT2D eigenvalue weighted by molar-refractivity contribution is 5.22. The van der Waals surface area contributed by atoms with E-state index < -0.39 is 6.43 Å². The van der Waals surface area contributed by atoms with Gasteiger partial charge in [-0.05, 0) is 37.7 Å². The van der Waals surface area contributed by atoms with Gasteiger partial charge >= 0.3 is 0 Å². The minimum atomic E-state index is -2.27. The maximum absolute atomic E-state index is 12.2. The van der Waals surface area contributed by atoms with Crippen molar-refractivity contribution in [3.8, 4) is 0 Å². The fourth-order valence-electron chi connectivity index (χ4n) is 1.83. The molecule has 1 aromatic rings. The molecule has 0 unspecified atom stereocenters. The van der Waals surface area contributed by atoms with Gasteiger partial charge in [-0.3, -0.25) is 4.90 Å². The topological polar surface area (TPSA) is 15.3 Å². The van der Waals surface area contributed by atoms with E-state index in [9.17, 15) is 8.78 Å². The number of rotatable bonds is 8. The Bertz CT molecular complexity index is 325. The first-order valence-corrected chi connectivity index (χ1v) is 6.37. The van der Waals surface area contributed by atoms with Crippen molar-refractivity contribution < 1.29 is 8.78 Å². The lowest BCUT2D eigenvalue weighted by Crippen LogP contribution is -2.24. The Morgan fingerprint density at radius 3 is 2.33 bits per heavy atom. The lowest BCUT2D eigenvalue weighted by Gasteiger charge is -2.16. The quantitative estimate of drug-likeness (QED) is 0.719. The zero-order valence-electron chi connectivity index (χ0n) is 11.1. The van der Waals surface area contributed by atoms with Crippen LogP contribution >= 0.6 is 0 Å². The first-order chi connectivity index (χ1) is 8.61. The van der Waals surface area contributed by atoms with Gasteiger partial charge in [-0.25, -0.2) is 8.78 Å². The van der Waals surface area contributed by atoms with Gasteiger partial charge < -0.3 is 5.32 Å². The molecule has 1 N–H and O–H groups in total. The van der Waals surface area contributed by atoms with Gasteiger partial charge in [-0.2, -0.15) is 0 Å². The van der Waals surface area contributed by atoms with Crippen molar-refractivity contribution in [3.63, 3.8) is 0 Å². The summed E-state index contributed by atoms with van der Waals surface area (Å²) in [6.45, 7) is 4.43. The molecule has 1 rings (SSSR count). The summed E-state index contributed by atoms with van der Waals surface area (Å²) in [6.07, 6.45) is -1.27. The monoisotopic (exact) mass is 256 g/mol. The van der Waals surface area contributed by atoms with Crippen LogP contribution in [-0.4, -0.2) is 38.0 Å².